The van der Waals surface area contributed by atoms with E-state index in [9.17, 15) is 4.79 Å². The molecule has 0 bridgehead atoms. The molecule has 5 nitrogen and oxygen atoms in total. The Morgan fingerprint density at radius 1 is 1.28 bits per heavy atom. The number of halogens is 1. The second kappa shape index (κ2) is 8.09. The average Bonchev–Trinajstić information content (AvgIpc) is 3.15. The van der Waals surface area contributed by atoms with Crippen LogP contribution < -0.4 is 10.6 Å². The van der Waals surface area contributed by atoms with Gasteiger partial charge in [0.25, 0.3) is 0 Å². The fourth-order valence-corrected chi connectivity index (χ4v) is 4.57. The van der Waals surface area contributed by atoms with Gasteiger partial charge in [-0.15, -0.1) is 12.4 Å². The summed E-state index contributed by atoms with van der Waals surface area (Å²) >= 11 is 0. The molecule has 25 heavy (non-hydrogen) atoms. The standard InChI is InChI=1S/C19H32N4O.ClH/c1-19(2,3)16-7-5-6-8-17(16)22-18(24)15-11-20-10-14(15)13-9-21-23(4)12-13;/h9,12,14-17,20H,5-8,10-11H2,1-4H3,(H,22,24);1H/t14-,15+,16?,17?;/m1./s1. The molecule has 0 spiro atoms. The lowest BCUT2D eigenvalue weighted by molar-refractivity contribution is -0.126. The Morgan fingerprint density at radius 3 is 2.64 bits per heavy atom. The van der Waals surface area contributed by atoms with E-state index < -0.39 is 0 Å². The van der Waals surface area contributed by atoms with Crippen molar-refractivity contribution in [2.75, 3.05) is 13.1 Å². The monoisotopic (exact) mass is 368 g/mol. The van der Waals surface area contributed by atoms with Crippen molar-refractivity contribution in [3.63, 3.8) is 0 Å². The summed E-state index contributed by atoms with van der Waals surface area (Å²) in [6, 6.07) is 0.321. The molecule has 1 aromatic heterocycles. The maximum Gasteiger partial charge on any atom is 0.225 e. The topological polar surface area (TPSA) is 59.0 Å². The summed E-state index contributed by atoms with van der Waals surface area (Å²) in [4.78, 5) is 13.0. The third-order valence-electron chi connectivity index (χ3n) is 5.91. The van der Waals surface area contributed by atoms with E-state index in [-0.39, 0.29) is 35.6 Å². The number of aryl methyl sites for hydroxylation is 1. The Labute approximate surface area is 157 Å². The van der Waals surface area contributed by atoms with E-state index in [4.69, 9.17) is 0 Å². The number of aromatic nitrogens is 2. The Balaban J connectivity index is 0.00000225. The predicted octanol–water partition coefficient (Wildman–Crippen LogP) is 2.87. The first kappa shape index (κ1) is 20.2. The number of rotatable bonds is 3. The molecular weight excluding hydrogens is 336 g/mol. The molecule has 1 aliphatic heterocycles. The molecule has 1 amide bonds. The van der Waals surface area contributed by atoms with Gasteiger partial charge in [-0.3, -0.25) is 9.48 Å². The average molecular weight is 369 g/mol. The van der Waals surface area contributed by atoms with Crippen molar-refractivity contribution in [2.45, 2.75) is 58.4 Å². The molecule has 3 rings (SSSR count). The Kier molecular flexibility index (Phi) is 6.55. The van der Waals surface area contributed by atoms with Crippen molar-refractivity contribution in [1.29, 1.82) is 0 Å². The largest absolute Gasteiger partial charge is 0.353 e. The smallest absolute Gasteiger partial charge is 0.225 e. The molecule has 2 N–H and O–H groups in total. The molecular formula is C19H33ClN4O. The molecule has 2 aliphatic rings. The summed E-state index contributed by atoms with van der Waals surface area (Å²) in [6.45, 7) is 8.53. The van der Waals surface area contributed by atoms with E-state index in [1.54, 1.807) is 0 Å². The fraction of sp³-hybridized carbons (Fsp3) is 0.789. The lowest BCUT2D eigenvalue weighted by Gasteiger charge is -2.41. The normalized spacial score (nSPS) is 29.9. The van der Waals surface area contributed by atoms with Gasteiger partial charge in [-0.05, 0) is 29.7 Å². The van der Waals surface area contributed by atoms with Crippen molar-refractivity contribution >= 4 is 18.3 Å². The Bertz CT molecular complexity index is 580. The van der Waals surface area contributed by atoms with E-state index in [2.05, 4.69) is 36.5 Å². The molecule has 2 heterocycles. The molecule has 1 saturated carbocycles. The summed E-state index contributed by atoms with van der Waals surface area (Å²) < 4.78 is 1.82. The van der Waals surface area contributed by atoms with E-state index in [1.807, 2.05) is 24.1 Å². The van der Waals surface area contributed by atoms with E-state index in [0.29, 0.717) is 12.0 Å². The number of hydrogen-bond acceptors (Lipinski definition) is 3. The molecule has 1 aliphatic carbocycles. The highest BCUT2D eigenvalue weighted by Gasteiger charge is 2.39. The molecule has 0 radical (unpaired) electrons. The minimum atomic E-state index is 0. The number of nitrogens with one attached hydrogen (secondary N) is 2. The van der Waals surface area contributed by atoms with Gasteiger partial charge in [-0.25, -0.2) is 0 Å². The van der Waals surface area contributed by atoms with Gasteiger partial charge in [0.05, 0.1) is 12.1 Å². The van der Waals surface area contributed by atoms with Crippen molar-refractivity contribution in [2.24, 2.45) is 24.3 Å². The molecule has 2 unspecified atom stereocenters. The highest BCUT2D eigenvalue weighted by Crippen LogP contribution is 2.38. The second-order valence-corrected chi connectivity index (χ2v) is 8.69. The highest BCUT2D eigenvalue weighted by molar-refractivity contribution is 5.85. The number of carbonyl (C=O) groups is 1. The minimum Gasteiger partial charge on any atom is -0.353 e. The van der Waals surface area contributed by atoms with E-state index >= 15 is 0 Å². The van der Waals surface area contributed by atoms with Gasteiger partial charge < -0.3 is 10.6 Å². The number of amides is 1. The molecule has 1 aromatic rings. The summed E-state index contributed by atoms with van der Waals surface area (Å²) in [7, 11) is 1.93. The van der Waals surface area contributed by atoms with Crippen LogP contribution in [0.2, 0.25) is 0 Å². The van der Waals surface area contributed by atoms with Crippen LogP contribution in [-0.4, -0.2) is 34.8 Å². The van der Waals surface area contributed by atoms with Crippen LogP contribution in [0, 0.1) is 17.3 Å². The van der Waals surface area contributed by atoms with Crippen molar-refractivity contribution in [3.8, 4) is 0 Å². The van der Waals surface area contributed by atoms with E-state index in [0.717, 1.165) is 19.5 Å². The van der Waals surface area contributed by atoms with Gasteiger partial charge in [0.1, 0.15) is 0 Å². The number of nitrogens with zero attached hydrogens (tertiary/aromatic N) is 2. The van der Waals surface area contributed by atoms with Crippen molar-refractivity contribution < 1.29 is 4.79 Å². The van der Waals surface area contributed by atoms with Crippen LogP contribution in [0.15, 0.2) is 12.4 Å². The first-order chi connectivity index (χ1) is 11.4. The van der Waals surface area contributed by atoms with Gasteiger partial charge in [-0.2, -0.15) is 5.10 Å². The molecule has 6 heteroatoms. The number of hydrogen-bond donors (Lipinski definition) is 2. The summed E-state index contributed by atoms with van der Waals surface area (Å²) in [5.41, 5.74) is 1.41. The van der Waals surface area contributed by atoms with Crippen LogP contribution in [0.4, 0.5) is 0 Å². The van der Waals surface area contributed by atoms with Gasteiger partial charge in [0.15, 0.2) is 0 Å². The highest BCUT2D eigenvalue weighted by atomic mass is 35.5. The quantitative estimate of drug-likeness (QED) is 0.862. The third kappa shape index (κ3) is 4.56. The lowest BCUT2D eigenvalue weighted by Crippen LogP contribution is -2.49. The second-order valence-electron chi connectivity index (χ2n) is 8.69. The number of carbonyl (C=O) groups excluding carboxylic acids is 1. The first-order valence-electron chi connectivity index (χ1n) is 9.36. The predicted molar refractivity (Wildman–Crippen MR) is 103 cm³/mol. The zero-order chi connectivity index (χ0) is 17.3. The van der Waals surface area contributed by atoms with Crippen LogP contribution in [0.25, 0.3) is 0 Å². The summed E-state index contributed by atoms with van der Waals surface area (Å²) in [6.07, 6.45) is 8.80. The summed E-state index contributed by atoms with van der Waals surface area (Å²) in [5.74, 6) is 1.03. The molecule has 4 atom stereocenters. The molecule has 142 valence electrons. The zero-order valence-electron chi connectivity index (χ0n) is 15.9. The zero-order valence-corrected chi connectivity index (χ0v) is 16.7. The van der Waals surface area contributed by atoms with Crippen LogP contribution in [0.3, 0.4) is 0 Å². The maximum absolute atomic E-state index is 13.0. The van der Waals surface area contributed by atoms with Gasteiger partial charge in [0, 0.05) is 38.3 Å². The fourth-order valence-electron chi connectivity index (χ4n) is 4.57. The first-order valence-corrected chi connectivity index (χ1v) is 9.36. The summed E-state index contributed by atoms with van der Waals surface area (Å²) in [5, 5.41) is 11.1. The Morgan fingerprint density at radius 2 is 2.00 bits per heavy atom. The van der Waals surface area contributed by atoms with E-state index in [1.165, 1.54) is 24.8 Å². The third-order valence-corrected chi connectivity index (χ3v) is 5.91. The molecule has 1 saturated heterocycles. The Hall–Kier alpha value is -1.07. The van der Waals surface area contributed by atoms with Gasteiger partial charge in [-0.1, -0.05) is 33.6 Å². The van der Waals surface area contributed by atoms with Crippen molar-refractivity contribution in [1.82, 2.24) is 20.4 Å². The van der Waals surface area contributed by atoms with Crippen LogP contribution in [0.1, 0.15) is 57.9 Å². The SMILES string of the molecule is Cl.Cn1cc([C@H]2CNC[C@@H]2C(=O)NC2CCCCC2C(C)(C)C)cn1. The van der Waals surface area contributed by atoms with Gasteiger partial charge in [0.2, 0.25) is 5.91 Å². The van der Waals surface area contributed by atoms with Crippen LogP contribution in [0.5, 0.6) is 0 Å². The molecule has 2 fully saturated rings. The van der Waals surface area contributed by atoms with Crippen molar-refractivity contribution in [3.05, 3.63) is 18.0 Å². The maximum atomic E-state index is 13.0. The lowest BCUT2D eigenvalue weighted by atomic mass is 9.69. The minimum absolute atomic E-state index is 0. The van der Waals surface area contributed by atoms with Gasteiger partial charge >= 0.3 is 0 Å². The van der Waals surface area contributed by atoms with Crippen LogP contribution >= 0.6 is 12.4 Å². The molecule has 0 aromatic carbocycles. The van der Waals surface area contributed by atoms with Crippen LogP contribution in [-0.2, 0) is 11.8 Å².